The van der Waals surface area contributed by atoms with Crippen molar-refractivity contribution < 1.29 is 0 Å². The predicted octanol–water partition coefficient (Wildman–Crippen LogP) is 2.90. The van der Waals surface area contributed by atoms with Gasteiger partial charge in [0.2, 0.25) is 0 Å². The molecule has 3 atom stereocenters. The average molecular weight is 238 g/mol. The molecule has 0 bridgehead atoms. The Morgan fingerprint density at radius 2 is 2.44 bits per heavy atom. The summed E-state index contributed by atoms with van der Waals surface area (Å²) in [6.07, 6.45) is 7.68. The number of rotatable bonds is 6. The molecule has 2 saturated carbocycles. The fourth-order valence-corrected chi connectivity index (χ4v) is 3.58. The standard InChI is InChI=1S/C13H22N2S/c1-4-12(15-16-3)14-8-6-11-9-10-5-7-13(10,11)2/h10-11,14-15H,1,5-9H2,2-3H3/t10?,11?,13-/m0/s1. The topological polar surface area (TPSA) is 24.1 Å². The Morgan fingerprint density at radius 1 is 1.62 bits per heavy atom. The lowest BCUT2D eigenvalue weighted by Gasteiger charge is -2.63. The highest BCUT2D eigenvalue weighted by molar-refractivity contribution is 7.96. The quantitative estimate of drug-likeness (QED) is 0.549. The second-order valence-corrected chi connectivity index (χ2v) is 5.86. The van der Waals surface area contributed by atoms with Crippen LogP contribution < -0.4 is 10.0 Å². The maximum atomic E-state index is 3.66. The molecule has 0 saturated heterocycles. The van der Waals surface area contributed by atoms with E-state index in [0.29, 0.717) is 5.41 Å². The Hall–Kier alpha value is -0.530. The van der Waals surface area contributed by atoms with Crippen LogP contribution in [-0.4, -0.2) is 12.8 Å². The molecule has 3 heteroatoms. The van der Waals surface area contributed by atoms with Crippen LogP contribution in [0.15, 0.2) is 18.1 Å². The van der Waals surface area contributed by atoms with Crippen LogP contribution >= 0.6 is 11.9 Å². The highest BCUT2D eigenvalue weighted by Crippen LogP contribution is 2.65. The molecule has 2 aliphatic carbocycles. The molecule has 0 spiro atoms. The van der Waals surface area contributed by atoms with Gasteiger partial charge in [0.25, 0.3) is 0 Å². The summed E-state index contributed by atoms with van der Waals surface area (Å²) in [4.78, 5) is 0. The third-order valence-electron chi connectivity index (χ3n) is 4.64. The van der Waals surface area contributed by atoms with Crippen molar-refractivity contribution in [3.05, 3.63) is 18.1 Å². The van der Waals surface area contributed by atoms with Gasteiger partial charge in [-0.15, -0.1) is 0 Å². The second-order valence-electron chi connectivity index (χ2n) is 5.25. The summed E-state index contributed by atoms with van der Waals surface area (Å²) in [7, 11) is 0. The van der Waals surface area contributed by atoms with Crippen LogP contribution in [-0.2, 0) is 0 Å². The fraction of sp³-hybridized carbons (Fsp3) is 0.769. The number of fused-ring (bicyclic) bond motifs is 1. The molecule has 0 aromatic rings. The van der Waals surface area contributed by atoms with E-state index in [0.717, 1.165) is 24.2 Å². The first kappa shape index (κ1) is 11.9. The molecular formula is C13H22N2S. The minimum atomic E-state index is 0.701. The van der Waals surface area contributed by atoms with E-state index in [2.05, 4.69) is 29.3 Å². The summed E-state index contributed by atoms with van der Waals surface area (Å²) < 4.78 is 3.13. The third kappa shape index (κ3) is 1.99. The Labute approximate surface area is 103 Å². The monoisotopic (exact) mass is 238 g/mol. The van der Waals surface area contributed by atoms with Crippen LogP contribution in [0.25, 0.3) is 0 Å². The summed E-state index contributed by atoms with van der Waals surface area (Å²) in [5.41, 5.74) is 3.58. The normalized spacial score (nSPS) is 35.1. The van der Waals surface area contributed by atoms with Crippen molar-refractivity contribution in [2.24, 2.45) is 17.3 Å². The van der Waals surface area contributed by atoms with Gasteiger partial charge in [-0.2, -0.15) is 0 Å². The molecule has 0 aromatic carbocycles. The largest absolute Gasteiger partial charge is 0.365 e. The number of hydrogen-bond acceptors (Lipinski definition) is 3. The van der Waals surface area contributed by atoms with Crippen LogP contribution in [0, 0.1) is 17.3 Å². The summed E-state index contributed by atoms with van der Waals surface area (Å²) in [6, 6.07) is 0. The van der Waals surface area contributed by atoms with Crippen molar-refractivity contribution in [2.45, 2.75) is 32.6 Å². The first-order valence-electron chi connectivity index (χ1n) is 6.13. The summed E-state index contributed by atoms with van der Waals surface area (Å²) >= 11 is 1.57. The molecule has 2 rings (SSSR count). The number of nitrogens with one attached hydrogen (secondary N) is 2. The molecule has 2 unspecified atom stereocenters. The van der Waals surface area contributed by atoms with E-state index in [-0.39, 0.29) is 0 Å². The van der Waals surface area contributed by atoms with Gasteiger partial charge in [0.05, 0.1) is 0 Å². The third-order valence-corrected chi connectivity index (χ3v) is 5.05. The lowest BCUT2D eigenvalue weighted by atomic mass is 9.42. The van der Waals surface area contributed by atoms with Gasteiger partial charge in [0.15, 0.2) is 5.82 Å². The Kier molecular flexibility index (Phi) is 3.56. The SMILES string of the molecule is C=C=C(NCCC1CC2CC[C@]12C)NSC. The van der Waals surface area contributed by atoms with Crippen molar-refractivity contribution in [2.75, 3.05) is 12.8 Å². The summed E-state index contributed by atoms with van der Waals surface area (Å²) in [5, 5.41) is 3.36. The maximum absolute atomic E-state index is 3.66. The van der Waals surface area contributed by atoms with Crippen LogP contribution in [0.3, 0.4) is 0 Å². The van der Waals surface area contributed by atoms with Gasteiger partial charge in [0.1, 0.15) is 0 Å². The highest BCUT2D eigenvalue weighted by atomic mass is 32.2. The van der Waals surface area contributed by atoms with Crippen molar-refractivity contribution in [3.8, 4) is 0 Å². The zero-order valence-electron chi connectivity index (χ0n) is 10.3. The summed E-state index contributed by atoms with van der Waals surface area (Å²) in [5.74, 6) is 2.91. The molecule has 0 amide bonds. The van der Waals surface area contributed by atoms with E-state index in [1.54, 1.807) is 11.9 Å². The number of hydrogen-bond donors (Lipinski definition) is 2. The molecule has 0 heterocycles. The van der Waals surface area contributed by atoms with Crippen molar-refractivity contribution in [1.29, 1.82) is 0 Å². The molecule has 2 N–H and O–H groups in total. The maximum Gasteiger partial charge on any atom is 0.153 e. The van der Waals surface area contributed by atoms with Crippen LogP contribution in [0.1, 0.15) is 32.6 Å². The molecule has 0 aliphatic heterocycles. The van der Waals surface area contributed by atoms with Gasteiger partial charge in [0, 0.05) is 12.8 Å². The first-order chi connectivity index (χ1) is 7.70. The minimum Gasteiger partial charge on any atom is -0.365 e. The molecule has 0 aromatic heterocycles. The Bertz CT molecular complexity index is 309. The first-order valence-corrected chi connectivity index (χ1v) is 7.36. The van der Waals surface area contributed by atoms with Crippen molar-refractivity contribution >= 4 is 11.9 Å². The molecule has 2 nitrogen and oxygen atoms in total. The van der Waals surface area contributed by atoms with E-state index < -0.39 is 0 Å². The summed E-state index contributed by atoms with van der Waals surface area (Å²) in [6.45, 7) is 7.18. The van der Waals surface area contributed by atoms with Crippen LogP contribution in [0.5, 0.6) is 0 Å². The lowest BCUT2D eigenvalue weighted by molar-refractivity contribution is -0.129. The van der Waals surface area contributed by atoms with E-state index in [4.69, 9.17) is 0 Å². The van der Waals surface area contributed by atoms with E-state index in [1.165, 1.54) is 25.7 Å². The molecule has 16 heavy (non-hydrogen) atoms. The smallest absolute Gasteiger partial charge is 0.153 e. The zero-order chi connectivity index (χ0) is 11.6. The van der Waals surface area contributed by atoms with Crippen molar-refractivity contribution in [1.82, 2.24) is 10.0 Å². The van der Waals surface area contributed by atoms with E-state index in [9.17, 15) is 0 Å². The molecule has 2 fully saturated rings. The fourth-order valence-electron chi connectivity index (χ4n) is 3.24. The van der Waals surface area contributed by atoms with Gasteiger partial charge in [-0.3, -0.25) is 0 Å². The molecule has 0 radical (unpaired) electrons. The molecule has 2 aliphatic rings. The van der Waals surface area contributed by atoms with Gasteiger partial charge in [-0.25, -0.2) is 0 Å². The van der Waals surface area contributed by atoms with Gasteiger partial charge >= 0.3 is 0 Å². The van der Waals surface area contributed by atoms with Crippen LogP contribution in [0.2, 0.25) is 0 Å². The van der Waals surface area contributed by atoms with E-state index in [1.807, 2.05) is 6.26 Å². The van der Waals surface area contributed by atoms with Gasteiger partial charge < -0.3 is 10.0 Å². The average Bonchev–Trinajstić information content (AvgIpc) is 2.30. The van der Waals surface area contributed by atoms with Crippen molar-refractivity contribution in [3.63, 3.8) is 0 Å². The van der Waals surface area contributed by atoms with Gasteiger partial charge in [-0.05, 0) is 42.9 Å². The predicted molar refractivity (Wildman–Crippen MR) is 70.9 cm³/mol. The Morgan fingerprint density at radius 3 is 2.88 bits per heavy atom. The molecule has 90 valence electrons. The highest BCUT2D eigenvalue weighted by Gasteiger charge is 2.56. The molecular weight excluding hydrogens is 216 g/mol. The zero-order valence-corrected chi connectivity index (χ0v) is 11.1. The van der Waals surface area contributed by atoms with E-state index >= 15 is 0 Å². The second kappa shape index (κ2) is 4.77. The Balaban J connectivity index is 1.67. The van der Waals surface area contributed by atoms with Crippen LogP contribution in [0.4, 0.5) is 0 Å². The lowest BCUT2D eigenvalue weighted by Crippen LogP contribution is -2.54. The van der Waals surface area contributed by atoms with Gasteiger partial charge in [-0.1, -0.05) is 31.2 Å². The minimum absolute atomic E-state index is 0.701.